The third-order valence-corrected chi connectivity index (χ3v) is 5.50. The van der Waals surface area contributed by atoms with Gasteiger partial charge in [0.1, 0.15) is 6.54 Å². The van der Waals surface area contributed by atoms with Crippen LogP contribution >= 0.6 is 11.6 Å². The SMILES string of the molecule is CCOC(=O)c1c(C)c(-c2ccccc2)n(CC(=O)NCCc2ccc(Cl)cc2)c1C. The molecule has 0 aliphatic carbocycles. The van der Waals surface area contributed by atoms with Gasteiger partial charge < -0.3 is 14.6 Å². The van der Waals surface area contributed by atoms with Crippen LogP contribution < -0.4 is 5.32 Å². The average Bonchev–Trinajstić information content (AvgIpc) is 2.99. The number of amides is 1. The number of nitrogens with one attached hydrogen (secondary N) is 1. The topological polar surface area (TPSA) is 60.3 Å². The van der Waals surface area contributed by atoms with E-state index in [0.717, 1.165) is 28.1 Å². The molecule has 0 saturated carbocycles. The molecular formula is C25H27ClN2O3. The van der Waals surface area contributed by atoms with Gasteiger partial charge in [-0.25, -0.2) is 4.79 Å². The number of halogens is 1. The third kappa shape index (κ3) is 5.36. The van der Waals surface area contributed by atoms with Crippen LogP contribution in [0.2, 0.25) is 5.02 Å². The van der Waals surface area contributed by atoms with Crippen LogP contribution in [0.3, 0.4) is 0 Å². The quantitative estimate of drug-likeness (QED) is 0.505. The van der Waals surface area contributed by atoms with Crippen LogP contribution in [0.4, 0.5) is 0 Å². The Balaban J connectivity index is 1.81. The van der Waals surface area contributed by atoms with E-state index in [1.807, 2.05) is 73.0 Å². The summed E-state index contributed by atoms with van der Waals surface area (Å²) in [6.45, 7) is 6.48. The molecule has 3 rings (SSSR count). The van der Waals surface area contributed by atoms with Gasteiger partial charge >= 0.3 is 5.97 Å². The molecule has 0 unspecified atom stereocenters. The molecule has 0 saturated heterocycles. The summed E-state index contributed by atoms with van der Waals surface area (Å²) in [6, 6.07) is 17.4. The van der Waals surface area contributed by atoms with Crippen LogP contribution in [0.25, 0.3) is 11.3 Å². The van der Waals surface area contributed by atoms with Crippen molar-refractivity contribution in [3.63, 3.8) is 0 Å². The van der Waals surface area contributed by atoms with E-state index in [4.69, 9.17) is 16.3 Å². The Labute approximate surface area is 188 Å². The molecule has 1 aromatic heterocycles. The maximum Gasteiger partial charge on any atom is 0.340 e. The number of hydrogen-bond acceptors (Lipinski definition) is 3. The highest BCUT2D eigenvalue weighted by atomic mass is 35.5. The van der Waals surface area contributed by atoms with E-state index >= 15 is 0 Å². The van der Waals surface area contributed by atoms with E-state index in [-0.39, 0.29) is 18.4 Å². The van der Waals surface area contributed by atoms with Gasteiger partial charge in [0.15, 0.2) is 0 Å². The first-order valence-electron chi connectivity index (χ1n) is 10.4. The van der Waals surface area contributed by atoms with Crippen molar-refractivity contribution in [2.24, 2.45) is 0 Å². The Hall–Kier alpha value is -3.05. The monoisotopic (exact) mass is 438 g/mol. The van der Waals surface area contributed by atoms with Crippen molar-refractivity contribution in [1.29, 1.82) is 0 Å². The fraction of sp³-hybridized carbons (Fsp3) is 0.280. The molecule has 0 radical (unpaired) electrons. The Kier molecular flexibility index (Phi) is 7.53. The molecule has 6 heteroatoms. The van der Waals surface area contributed by atoms with Gasteiger partial charge in [0.2, 0.25) is 5.91 Å². The van der Waals surface area contributed by atoms with Crippen molar-refractivity contribution < 1.29 is 14.3 Å². The van der Waals surface area contributed by atoms with E-state index < -0.39 is 0 Å². The van der Waals surface area contributed by atoms with E-state index in [1.165, 1.54) is 0 Å². The molecule has 1 amide bonds. The number of hydrogen-bond donors (Lipinski definition) is 1. The Morgan fingerprint density at radius 2 is 1.71 bits per heavy atom. The minimum atomic E-state index is -0.364. The number of ether oxygens (including phenoxy) is 1. The normalized spacial score (nSPS) is 10.7. The maximum atomic E-state index is 12.7. The fourth-order valence-electron chi connectivity index (χ4n) is 3.76. The van der Waals surface area contributed by atoms with Gasteiger partial charge in [0.05, 0.1) is 17.9 Å². The molecule has 0 aliphatic heterocycles. The minimum Gasteiger partial charge on any atom is -0.462 e. The molecule has 2 aromatic carbocycles. The first-order valence-corrected chi connectivity index (χ1v) is 10.7. The largest absolute Gasteiger partial charge is 0.462 e. The van der Waals surface area contributed by atoms with Crippen molar-refractivity contribution in [3.05, 3.63) is 82.0 Å². The molecule has 1 N–H and O–H groups in total. The summed E-state index contributed by atoms with van der Waals surface area (Å²) in [4.78, 5) is 25.3. The average molecular weight is 439 g/mol. The highest BCUT2D eigenvalue weighted by Gasteiger charge is 2.25. The zero-order valence-corrected chi connectivity index (χ0v) is 18.8. The first kappa shape index (κ1) is 22.6. The standard InChI is InChI=1S/C25H27ClN2O3/c1-4-31-25(30)23-17(2)24(20-8-6-5-7-9-20)28(18(23)3)16-22(29)27-15-14-19-10-12-21(26)13-11-19/h5-13H,4,14-16H2,1-3H3,(H,27,29). The van der Waals surface area contributed by atoms with Gasteiger partial charge in [0.25, 0.3) is 0 Å². The number of rotatable bonds is 8. The molecular weight excluding hydrogens is 412 g/mol. The van der Waals surface area contributed by atoms with Crippen molar-refractivity contribution in [2.45, 2.75) is 33.7 Å². The van der Waals surface area contributed by atoms with Crippen molar-refractivity contribution in [1.82, 2.24) is 9.88 Å². The van der Waals surface area contributed by atoms with E-state index in [9.17, 15) is 9.59 Å². The predicted molar refractivity (Wildman–Crippen MR) is 123 cm³/mol. The molecule has 162 valence electrons. The second kappa shape index (κ2) is 10.3. The van der Waals surface area contributed by atoms with Gasteiger partial charge in [0, 0.05) is 17.3 Å². The fourth-order valence-corrected chi connectivity index (χ4v) is 3.89. The van der Waals surface area contributed by atoms with Crippen molar-refractivity contribution in [2.75, 3.05) is 13.2 Å². The predicted octanol–water partition coefficient (Wildman–Crippen LogP) is 4.96. The third-order valence-electron chi connectivity index (χ3n) is 5.24. The van der Waals surface area contributed by atoms with Gasteiger partial charge in [-0.05, 0) is 56.0 Å². The van der Waals surface area contributed by atoms with Crippen LogP contribution in [0, 0.1) is 13.8 Å². The van der Waals surface area contributed by atoms with E-state index in [0.29, 0.717) is 30.2 Å². The zero-order chi connectivity index (χ0) is 22.4. The first-order chi connectivity index (χ1) is 14.9. The lowest BCUT2D eigenvalue weighted by atomic mass is 10.1. The summed E-state index contributed by atoms with van der Waals surface area (Å²) in [5.74, 6) is -0.476. The molecule has 0 fully saturated rings. The van der Waals surface area contributed by atoms with Crippen LogP contribution in [0.1, 0.15) is 34.1 Å². The van der Waals surface area contributed by atoms with Crippen molar-refractivity contribution >= 4 is 23.5 Å². The summed E-state index contributed by atoms with van der Waals surface area (Å²) in [5, 5.41) is 3.67. The number of benzene rings is 2. The zero-order valence-electron chi connectivity index (χ0n) is 18.1. The summed E-state index contributed by atoms with van der Waals surface area (Å²) < 4.78 is 7.16. The summed E-state index contributed by atoms with van der Waals surface area (Å²) in [7, 11) is 0. The smallest absolute Gasteiger partial charge is 0.340 e. The molecule has 0 bridgehead atoms. The molecule has 5 nitrogen and oxygen atoms in total. The molecule has 0 atom stereocenters. The molecule has 3 aromatic rings. The Morgan fingerprint density at radius 3 is 2.35 bits per heavy atom. The lowest BCUT2D eigenvalue weighted by Crippen LogP contribution is -2.30. The molecule has 31 heavy (non-hydrogen) atoms. The molecule has 0 aliphatic rings. The summed E-state index contributed by atoms with van der Waals surface area (Å²) >= 11 is 5.92. The number of carbonyl (C=O) groups excluding carboxylic acids is 2. The van der Waals surface area contributed by atoms with Crippen LogP contribution in [0.15, 0.2) is 54.6 Å². The molecule has 1 heterocycles. The van der Waals surface area contributed by atoms with Gasteiger partial charge in [-0.1, -0.05) is 54.1 Å². The van der Waals surface area contributed by atoms with Gasteiger partial charge in [-0.3, -0.25) is 4.79 Å². The lowest BCUT2D eigenvalue weighted by molar-refractivity contribution is -0.121. The maximum absolute atomic E-state index is 12.7. The second-order valence-corrected chi connectivity index (χ2v) is 7.77. The molecule has 0 spiro atoms. The minimum absolute atomic E-state index is 0.111. The van der Waals surface area contributed by atoms with Gasteiger partial charge in [-0.2, -0.15) is 0 Å². The van der Waals surface area contributed by atoms with Crippen LogP contribution in [0.5, 0.6) is 0 Å². The van der Waals surface area contributed by atoms with Crippen molar-refractivity contribution in [3.8, 4) is 11.3 Å². The lowest BCUT2D eigenvalue weighted by Gasteiger charge is -2.13. The Bertz CT molecular complexity index is 1060. The Morgan fingerprint density at radius 1 is 1.03 bits per heavy atom. The van der Waals surface area contributed by atoms with Crippen LogP contribution in [-0.4, -0.2) is 29.6 Å². The number of esters is 1. The van der Waals surface area contributed by atoms with Crippen LogP contribution in [-0.2, 0) is 22.5 Å². The van der Waals surface area contributed by atoms with Gasteiger partial charge in [-0.15, -0.1) is 0 Å². The summed E-state index contributed by atoms with van der Waals surface area (Å²) in [5.41, 5.74) is 4.97. The van der Waals surface area contributed by atoms with E-state index in [1.54, 1.807) is 6.92 Å². The number of carbonyl (C=O) groups is 2. The number of aromatic nitrogens is 1. The second-order valence-electron chi connectivity index (χ2n) is 7.33. The highest BCUT2D eigenvalue weighted by Crippen LogP contribution is 2.31. The highest BCUT2D eigenvalue weighted by molar-refractivity contribution is 6.30. The summed E-state index contributed by atoms with van der Waals surface area (Å²) in [6.07, 6.45) is 0.714. The van der Waals surface area contributed by atoms with E-state index in [2.05, 4.69) is 5.32 Å². The number of nitrogens with zero attached hydrogens (tertiary/aromatic N) is 1.